The predicted octanol–water partition coefficient (Wildman–Crippen LogP) is 1.08. The van der Waals surface area contributed by atoms with E-state index >= 15 is 0 Å². The second kappa shape index (κ2) is 4.70. The number of para-hydroxylation sites is 1. The maximum Gasteiger partial charge on any atom is 0.423 e. The van der Waals surface area contributed by atoms with Gasteiger partial charge in [-0.15, -0.1) is 0 Å². The Morgan fingerprint density at radius 2 is 1.83 bits per heavy atom. The van der Waals surface area contributed by atoms with Crippen molar-refractivity contribution in [2.24, 2.45) is 0 Å². The Labute approximate surface area is 102 Å². The SMILES string of the molecule is COC(=O)N1C(=O)C=C(Oc2ccccc2)C1=O. The molecule has 1 aromatic carbocycles. The molecule has 0 fully saturated rings. The molecule has 1 aliphatic heterocycles. The average molecular weight is 247 g/mol. The van der Waals surface area contributed by atoms with E-state index in [0.717, 1.165) is 13.2 Å². The van der Waals surface area contributed by atoms with E-state index in [4.69, 9.17) is 4.74 Å². The van der Waals surface area contributed by atoms with Gasteiger partial charge in [-0.2, -0.15) is 4.90 Å². The van der Waals surface area contributed by atoms with E-state index in [1.54, 1.807) is 30.3 Å². The second-order valence-electron chi connectivity index (χ2n) is 3.37. The summed E-state index contributed by atoms with van der Waals surface area (Å²) in [5.74, 6) is -1.43. The van der Waals surface area contributed by atoms with Crippen molar-refractivity contribution < 1.29 is 23.9 Å². The molecule has 6 nitrogen and oxygen atoms in total. The number of nitrogens with zero attached hydrogens (tertiary/aromatic N) is 1. The van der Waals surface area contributed by atoms with E-state index in [9.17, 15) is 14.4 Å². The molecule has 92 valence electrons. The summed E-state index contributed by atoms with van der Waals surface area (Å²) >= 11 is 0. The monoisotopic (exact) mass is 247 g/mol. The molecule has 0 spiro atoms. The maximum atomic E-state index is 11.7. The van der Waals surface area contributed by atoms with Crippen LogP contribution in [0.2, 0.25) is 0 Å². The van der Waals surface area contributed by atoms with Gasteiger partial charge in [0.2, 0.25) is 0 Å². The highest BCUT2D eigenvalue weighted by Crippen LogP contribution is 2.19. The molecule has 0 unspecified atom stereocenters. The molecular weight excluding hydrogens is 238 g/mol. The Morgan fingerprint density at radius 3 is 2.44 bits per heavy atom. The van der Waals surface area contributed by atoms with Crippen LogP contribution in [0.1, 0.15) is 0 Å². The molecule has 2 rings (SSSR count). The van der Waals surface area contributed by atoms with Crippen LogP contribution in [0.25, 0.3) is 0 Å². The first-order chi connectivity index (χ1) is 8.63. The van der Waals surface area contributed by atoms with E-state index in [1.165, 1.54) is 0 Å². The number of carbonyl (C=O) groups excluding carboxylic acids is 3. The fourth-order valence-corrected chi connectivity index (χ4v) is 1.40. The lowest BCUT2D eigenvalue weighted by Gasteiger charge is -2.10. The van der Waals surface area contributed by atoms with Gasteiger partial charge in [-0.05, 0) is 12.1 Å². The third kappa shape index (κ3) is 2.08. The minimum absolute atomic E-state index is 0.211. The fourth-order valence-electron chi connectivity index (χ4n) is 1.40. The van der Waals surface area contributed by atoms with Crippen molar-refractivity contribution >= 4 is 17.9 Å². The quantitative estimate of drug-likeness (QED) is 0.731. The molecule has 18 heavy (non-hydrogen) atoms. The van der Waals surface area contributed by atoms with Crippen molar-refractivity contribution in [2.75, 3.05) is 7.11 Å². The lowest BCUT2D eigenvalue weighted by molar-refractivity contribution is -0.135. The third-order valence-electron chi connectivity index (χ3n) is 2.22. The molecule has 0 aliphatic carbocycles. The van der Waals surface area contributed by atoms with Gasteiger partial charge in [0.25, 0.3) is 5.91 Å². The van der Waals surface area contributed by atoms with Gasteiger partial charge >= 0.3 is 12.0 Å². The third-order valence-corrected chi connectivity index (χ3v) is 2.22. The van der Waals surface area contributed by atoms with E-state index in [2.05, 4.69) is 4.74 Å². The molecule has 0 atom stereocenters. The van der Waals surface area contributed by atoms with Gasteiger partial charge in [-0.3, -0.25) is 9.59 Å². The molecule has 0 radical (unpaired) electrons. The van der Waals surface area contributed by atoms with Crippen molar-refractivity contribution in [3.05, 3.63) is 42.2 Å². The molecule has 3 amide bonds. The summed E-state index contributed by atoms with van der Waals surface area (Å²) in [5.41, 5.74) is 0. The van der Waals surface area contributed by atoms with E-state index in [1.807, 2.05) is 0 Å². The standard InChI is InChI=1S/C12H9NO5/c1-17-12(16)13-10(14)7-9(11(13)15)18-8-5-3-2-4-6-8/h2-7H,1H3. The van der Waals surface area contributed by atoms with Crippen molar-refractivity contribution in [3.8, 4) is 5.75 Å². The van der Waals surface area contributed by atoms with Gasteiger partial charge in [0.1, 0.15) is 5.75 Å². The maximum absolute atomic E-state index is 11.7. The van der Waals surface area contributed by atoms with Crippen LogP contribution in [-0.2, 0) is 14.3 Å². The van der Waals surface area contributed by atoms with Crippen molar-refractivity contribution in [1.82, 2.24) is 4.90 Å². The van der Waals surface area contributed by atoms with Gasteiger partial charge in [0.05, 0.1) is 13.2 Å². The van der Waals surface area contributed by atoms with Gasteiger partial charge in [0, 0.05) is 0 Å². The zero-order chi connectivity index (χ0) is 13.1. The van der Waals surface area contributed by atoms with Crippen molar-refractivity contribution in [2.45, 2.75) is 0 Å². The van der Waals surface area contributed by atoms with Crippen LogP contribution in [0.4, 0.5) is 4.79 Å². The zero-order valence-corrected chi connectivity index (χ0v) is 9.45. The first-order valence-corrected chi connectivity index (χ1v) is 5.04. The van der Waals surface area contributed by atoms with Crippen LogP contribution < -0.4 is 4.74 Å². The molecule has 0 saturated carbocycles. The first-order valence-electron chi connectivity index (χ1n) is 5.04. The number of ether oxygens (including phenoxy) is 2. The number of rotatable bonds is 2. The highest BCUT2D eigenvalue weighted by Gasteiger charge is 2.38. The number of methoxy groups -OCH3 is 1. The fraction of sp³-hybridized carbons (Fsp3) is 0.0833. The molecular formula is C12H9NO5. The summed E-state index contributed by atoms with van der Waals surface area (Å²) in [5, 5.41) is 0. The summed E-state index contributed by atoms with van der Waals surface area (Å²) in [6, 6.07) is 8.47. The Balaban J connectivity index is 2.17. The molecule has 0 saturated heterocycles. The van der Waals surface area contributed by atoms with Crippen LogP contribution >= 0.6 is 0 Å². The molecule has 1 heterocycles. The van der Waals surface area contributed by atoms with E-state index in [-0.39, 0.29) is 5.76 Å². The van der Waals surface area contributed by atoms with Gasteiger partial charge < -0.3 is 9.47 Å². The van der Waals surface area contributed by atoms with Crippen LogP contribution in [-0.4, -0.2) is 29.9 Å². The lowest BCUT2D eigenvalue weighted by Crippen LogP contribution is -2.37. The number of imide groups is 3. The number of carbonyl (C=O) groups is 3. The summed E-state index contributed by atoms with van der Waals surface area (Å²) in [4.78, 5) is 34.7. The predicted molar refractivity (Wildman–Crippen MR) is 59.4 cm³/mol. The highest BCUT2D eigenvalue weighted by atomic mass is 16.5. The van der Waals surface area contributed by atoms with Crippen LogP contribution in [0.3, 0.4) is 0 Å². The normalized spacial score (nSPS) is 14.5. The largest absolute Gasteiger partial charge is 0.452 e. The smallest absolute Gasteiger partial charge is 0.423 e. The van der Waals surface area contributed by atoms with Crippen LogP contribution in [0.5, 0.6) is 5.75 Å². The molecule has 6 heteroatoms. The van der Waals surface area contributed by atoms with Crippen molar-refractivity contribution in [1.29, 1.82) is 0 Å². The Bertz CT molecular complexity index is 535. The number of hydrogen-bond acceptors (Lipinski definition) is 5. The van der Waals surface area contributed by atoms with E-state index < -0.39 is 17.9 Å². The molecule has 0 aromatic heterocycles. The Hall–Kier alpha value is -2.63. The Kier molecular flexibility index (Phi) is 3.09. The number of benzene rings is 1. The Morgan fingerprint density at radius 1 is 1.17 bits per heavy atom. The van der Waals surface area contributed by atoms with E-state index in [0.29, 0.717) is 10.6 Å². The van der Waals surface area contributed by atoms with Gasteiger partial charge in [0.15, 0.2) is 5.76 Å². The topological polar surface area (TPSA) is 72.9 Å². The van der Waals surface area contributed by atoms with Crippen LogP contribution in [0.15, 0.2) is 42.2 Å². The van der Waals surface area contributed by atoms with Crippen molar-refractivity contribution in [3.63, 3.8) is 0 Å². The number of amides is 3. The van der Waals surface area contributed by atoms with Gasteiger partial charge in [-0.1, -0.05) is 18.2 Å². The molecule has 0 bridgehead atoms. The molecule has 1 aromatic rings. The second-order valence-corrected chi connectivity index (χ2v) is 3.37. The van der Waals surface area contributed by atoms with Crippen LogP contribution in [0, 0.1) is 0 Å². The lowest BCUT2D eigenvalue weighted by atomic mass is 10.3. The summed E-state index contributed by atoms with van der Waals surface area (Å²) < 4.78 is 9.55. The average Bonchev–Trinajstić information content (AvgIpc) is 2.65. The molecule has 0 N–H and O–H groups in total. The zero-order valence-electron chi connectivity index (χ0n) is 9.45. The van der Waals surface area contributed by atoms with Gasteiger partial charge in [-0.25, -0.2) is 4.79 Å². The molecule has 1 aliphatic rings. The number of hydrogen-bond donors (Lipinski definition) is 0. The minimum Gasteiger partial charge on any atom is -0.452 e. The summed E-state index contributed by atoms with van der Waals surface area (Å²) in [6.07, 6.45) is -0.0837. The minimum atomic E-state index is -1.03. The first kappa shape index (κ1) is 11.8. The summed E-state index contributed by atoms with van der Waals surface area (Å²) in [6.45, 7) is 0. The highest BCUT2D eigenvalue weighted by molar-refractivity contribution is 6.23. The summed E-state index contributed by atoms with van der Waals surface area (Å²) in [7, 11) is 1.08.